The molecule has 2 aromatic carbocycles. The normalized spacial score (nSPS) is 14.7. The Hall–Kier alpha value is -2.57. The standard InChI is InChI=1S/C23H25Cl2N3O3/c1-15(27-28-22(29)14-31-21-12-9-18(24)13-20(21)25)16-7-10-19(11-8-16)26-23(30)17-5-3-2-4-6-17/h7-13,17H,2-6,14H2,1H3,(H,26,30)(H,28,29). The van der Waals surface area contributed by atoms with E-state index in [-0.39, 0.29) is 18.4 Å². The van der Waals surface area contributed by atoms with Gasteiger partial charge >= 0.3 is 0 Å². The number of hydrogen-bond acceptors (Lipinski definition) is 4. The van der Waals surface area contributed by atoms with E-state index in [4.69, 9.17) is 27.9 Å². The topological polar surface area (TPSA) is 79.8 Å². The summed E-state index contributed by atoms with van der Waals surface area (Å²) in [5.41, 5.74) is 4.67. The summed E-state index contributed by atoms with van der Waals surface area (Å²) in [5, 5.41) is 7.90. The number of amides is 2. The van der Waals surface area contributed by atoms with E-state index in [2.05, 4.69) is 15.8 Å². The predicted octanol–water partition coefficient (Wildman–Crippen LogP) is 5.43. The maximum atomic E-state index is 12.4. The van der Waals surface area contributed by atoms with Crippen LogP contribution in [0.25, 0.3) is 0 Å². The molecular weight excluding hydrogens is 437 g/mol. The second-order valence-corrected chi connectivity index (χ2v) is 8.34. The number of hydrogen-bond donors (Lipinski definition) is 2. The molecule has 0 aliphatic heterocycles. The number of halogens is 2. The van der Waals surface area contributed by atoms with Gasteiger partial charge in [0, 0.05) is 16.6 Å². The van der Waals surface area contributed by atoms with Gasteiger partial charge in [0.25, 0.3) is 5.91 Å². The minimum atomic E-state index is -0.415. The molecule has 2 amide bonds. The molecule has 1 aliphatic carbocycles. The lowest BCUT2D eigenvalue weighted by Crippen LogP contribution is -2.25. The quantitative estimate of drug-likeness (QED) is 0.425. The van der Waals surface area contributed by atoms with Gasteiger partial charge < -0.3 is 10.1 Å². The van der Waals surface area contributed by atoms with E-state index in [1.807, 2.05) is 24.3 Å². The first kappa shape index (κ1) is 23.1. The Morgan fingerprint density at radius 2 is 1.77 bits per heavy atom. The predicted molar refractivity (Wildman–Crippen MR) is 124 cm³/mol. The van der Waals surface area contributed by atoms with Crippen LogP contribution in [-0.4, -0.2) is 24.1 Å². The summed E-state index contributed by atoms with van der Waals surface area (Å²) >= 11 is 11.8. The number of ether oxygens (including phenoxy) is 1. The van der Waals surface area contributed by atoms with Crippen molar-refractivity contribution >= 4 is 46.4 Å². The van der Waals surface area contributed by atoms with Crippen LogP contribution in [0.5, 0.6) is 5.75 Å². The third-order valence-corrected chi connectivity index (χ3v) is 5.68. The van der Waals surface area contributed by atoms with Gasteiger partial charge in [-0.3, -0.25) is 9.59 Å². The summed E-state index contributed by atoms with van der Waals surface area (Å²) in [7, 11) is 0. The summed E-state index contributed by atoms with van der Waals surface area (Å²) in [6, 6.07) is 12.1. The minimum Gasteiger partial charge on any atom is -0.482 e. The van der Waals surface area contributed by atoms with Crippen molar-refractivity contribution in [3.63, 3.8) is 0 Å². The summed E-state index contributed by atoms with van der Waals surface area (Å²) in [4.78, 5) is 24.4. The van der Waals surface area contributed by atoms with Crippen LogP contribution >= 0.6 is 23.2 Å². The first-order valence-electron chi connectivity index (χ1n) is 10.2. The van der Waals surface area contributed by atoms with Gasteiger partial charge in [-0.25, -0.2) is 5.43 Å². The van der Waals surface area contributed by atoms with Gasteiger partial charge in [0.1, 0.15) is 5.75 Å². The van der Waals surface area contributed by atoms with E-state index in [0.29, 0.717) is 21.5 Å². The average molecular weight is 462 g/mol. The van der Waals surface area contributed by atoms with Crippen LogP contribution in [0, 0.1) is 5.92 Å². The van der Waals surface area contributed by atoms with Crippen LogP contribution in [0.15, 0.2) is 47.6 Å². The van der Waals surface area contributed by atoms with Crippen molar-refractivity contribution in [1.29, 1.82) is 0 Å². The largest absolute Gasteiger partial charge is 0.482 e. The molecule has 8 heteroatoms. The number of rotatable bonds is 7. The van der Waals surface area contributed by atoms with Crippen LogP contribution in [-0.2, 0) is 9.59 Å². The molecule has 31 heavy (non-hydrogen) atoms. The van der Waals surface area contributed by atoms with Crippen molar-refractivity contribution in [1.82, 2.24) is 5.43 Å². The Labute approximate surface area is 192 Å². The number of carbonyl (C=O) groups is 2. The number of hydrazone groups is 1. The van der Waals surface area contributed by atoms with Crippen molar-refractivity contribution in [3.8, 4) is 5.75 Å². The summed E-state index contributed by atoms with van der Waals surface area (Å²) in [6.45, 7) is 1.55. The maximum Gasteiger partial charge on any atom is 0.277 e. The minimum absolute atomic E-state index is 0.0888. The molecule has 1 aliphatic rings. The molecule has 2 aromatic rings. The van der Waals surface area contributed by atoms with Gasteiger partial charge in [0.2, 0.25) is 5.91 Å². The monoisotopic (exact) mass is 461 g/mol. The summed E-state index contributed by atoms with van der Waals surface area (Å²) in [5.74, 6) is 0.150. The van der Waals surface area contributed by atoms with Crippen molar-refractivity contribution < 1.29 is 14.3 Å². The van der Waals surface area contributed by atoms with Gasteiger partial charge in [-0.15, -0.1) is 0 Å². The van der Waals surface area contributed by atoms with Crippen molar-refractivity contribution in [2.45, 2.75) is 39.0 Å². The molecule has 0 heterocycles. The Kier molecular flexibility index (Phi) is 8.32. The van der Waals surface area contributed by atoms with E-state index in [1.54, 1.807) is 25.1 Å². The highest BCUT2D eigenvalue weighted by Gasteiger charge is 2.21. The first-order valence-corrected chi connectivity index (χ1v) is 11.0. The lowest BCUT2D eigenvalue weighted by molar-refractivity contribution is -0.123. The fourth-order valence-corrected chi connectivity index (χ4v) is 3.85. The molecule has 0 atom stereocenters. The van der Waals surface area contributed by atoms with E-state index in [0.717, 1.165) is 36.9 Å². The van der Waals surface area contributed by atoms with Crippen LogP contribution in [0.4, 0.5) is 5.69 Å². The van der Waals surface area contributed by atoms with Crippen molar-refractivity contribution in [2.75, 3.05) is 11.9 Å². The van der Waals surface area contributed by atoms with Crippen LogP contribution < -0.4 is 15.5 Å². The van der Waals surface area contributed by atoms with Gasteiger partial charge in [0.05, 0.1) is 10.7 Å². The second kappa shape index (κ2) is 11.2. The number of benzene rings is 2. The van der Waals surface area contributed by atoms with Crippen LogP contribution in [0.1, 0.15) is 44.6 Å². The van der Waals surface area contributed by atoms with Crippen molar-refractivity contribution in [3.05, 3.63) is 58.1 Å². The Morgan fingerprint density at radius 3 is 2.45 bits per heavy atom. The average Bonchev–Trinajstić information content (AvgIpc) is 2.78. The van der Waals surface area contributed by atoms with E-state index in [1.165, 1.54) is 6.42 Å². The molecule has 1 saturated carbocycles. The number of anilines is 1. The van der Waals surface area contributed by atoms with E-state index < -0.39 is 5.91 Å². The van der Waals surface area contributed by atoms with Gasteiger partial charge in [0.15, 0.2) is 6.61 Å². The number of nitrogens with zero attached hydrogens (tertiary/aromatic N) is 1. The highest BCUT2D eigenvalue weighted by Crippen LogP contribution is 2.27. The van der Waals surface area contributed by atoms with Gasteiger partial charge in [-0.1, -0.05) is 54.6 Å². The second-order valence-electron chi connectivity index (χ2n) is 7.50. The molecule has 164 valence electrons. The molecule has 2 N–H and O–H groups in total. The Balaban J connectivity index is 1.49. The molecule has 0 bridgehead atoms. The lowest BCUT2D eigenvalue weighted by Gasteiger charge is -2.20. The molecule has 1 fully saturated rings. The highest BCUT2D eigenvalue weighted by atomic mass is 35.5. The number of nitrogens with one attached hydrogen (secondary N) is 2. The molecule has 3 rings (SSSR count). The van der Waals surface area contributed by atoms with Gasteiger partial charge in [-0.05, 0) is 55.7 Å². The Bertz CT molecular complexity index is 955. The molecule has 6 nitrogen and oxygen atoms in total. The molecule has 0 aromatic heterocycles. The van der Waals surface area contributed by atoms with Gasteiger partial charge in [-0.2, -0.15) is 5.10 Å². The van der Waals surface area contributed by atoms with Crippen molar-refractivity contribution in [2.24, 2.45) is 11.0 Å². The van der Waals surface area contributed by atoms with E-state index >= 15 is 0 Å². The smallest absolute Gasteiger partial charge is 0.277 e. The molecule has 0 saturated heterocycles. The fourth-order valence-electron chi connectivity index (χ4n) is 3.38. The molecule has 0 unspecified atom stereocenters. The van der Waals surface area contributed by atoms with Crippen LogP contribution in [0.3, 0.4) is 0 Å². The lowest BCUT2D eigenvalue weighted by atomic mass is 9.88. The third-order valence-electron chi connectivity index (χ3n) is 5.15. The zero-order valence-corrected chi connectivity index (χ0v) is 18.8. The highest BCUT2D eigenvalue weighted by molar-refractivity contribution is 6.35. The maximum absolute atomic E-state index is 12.4. The van der Waals surface area contributed by atoms with E-state index in [9.17, 15) is 9.59 Å². The third kappa shape index (κ3) is 6.97. The first-order chi connectivity index (χ1) is 14.9. The Morgan fingerprint density at radius 1 is 1.06 bits per heavy atom. The number of carbonyl (C=O) groups excluding carboxylic acids is 2. The van der Waals surface area contributed by atoms with Crippen LogP contribution in [0.2, 0.25) is 10.0 Å². The zero-order chi connectivity index (χ0) is 22.2. The molecule has 0 spiro atoms. The zero-order valence-electron chi connectivity index (χ0n) is 17.3. The summed E-state index contributed by atoms with van der Waals surface area (Å²) in [6.07, 6.45) is 5.38. The molecule has 0 radical (unpaired) electrons. The summed E-state index contributed by atoms with van der Waals surface area (Å²) < 4.78 is 5.38. The fraction of sp³-hybridized carbons (Fsp3) is 0.348. The molecular formula is C23H25Cl2N3O3. The SMILES string of the molecule is CC(=NNC(=O)COc1ccc(Cl)cc1Cl)c1ccc(NC(=O)C2CCCCC2)cc1.